The number of likely N-dealkylation sites (tertiary alicyclic amines) is 1. The second kappa shape index (κ2) is 4.52. The fourth-order valence-corrected chi connectivity index (χ4v) is 1.50. The fraction of sp³-hybridized carbons (Fsp3) is 0.625. The van der Waals surface area contributed by atoms with Gasteiger partial charge in [0.05, 0.1) is 6.61 Å². The summed E-state index contributed by atoms with van der Waals surface area (Å²) in [5.41, 5.74) is 0. The third kappa shape index (κ3) is 2.10. The van der Waals surface area contributed by atoms with Gasteiger partial charge in [-0.15, -0.1) is 0 Å². The van der Waals surface area contributed by atoms with Crippen molar-refractivity contribution in [1.82, 2.24) is 4.90 Å². The van der Waals surface area contributed by atoms with Gasteiger partial charge in [0.25, 0.3) is 0 Å². The van der Waals surface area contributed by atoms with E-state index in [-0.39, 0.29) is 31.3 Å². The van der Waals surface area contributed by atoms with Crippen molar-refractivity contribution in [3.8, 4) is 0 Å². The number of hydrogen-bond acceptors (Lipinski definition) is 4. The van der Waals surface area contributed by atoms with Gasteiger partial charge in [0.2, 0.25) is 17.1 Å². The van der Waals surface area contributed by atoms with Crippen molar-refractivity contribution in [3.63, 3.8) is 0 Å². The van der Waals surface area contributed by atoms with Crippen LogP contribution in [0.2, 0.25) is 0 Å². The predicted octanol–water partition coefficient (Wildman–Crippen LogP) is -0.0842. The Morgan fingerprint density at radius 3 is 2.36 bits per heavy atom. The molecule has 0 saturated carbocycles. The summed E-state index contributed by atoms with van der Waals surface area (Å²) >= 11 is 5.27. The summed E-state index contributed by atoms with van der Waals surface area (Å²) in [4.78, 5) is 34.3. The lowest BCUT2D eigenvalue weighted by Crippen LogP contribution is -2.45. The molecular weight excluding hydrogens is 210 g/mol. The summed E-state index contributed by atoms with van der Waals surface area (Å²) in [6.45, 7) is -0.0557. The quantitative estimate of drug-likeness (QED) is 0.490. The van der Waals surface area contributed by atoms with Gasteiger partial charge in [-0.2, -0.15) is 0 Å². The monoisotopic (exact) mass is 219 g/mol. The number of carbonyl (C=O) groups is 3. The summed E-state index contributed by atoms with van der Waals surface area (Å²) in [5, 5.41) is -0.754. The molecule has 0 spiro atoms. The molecule has 0 unspecified atom stereocenters. The van der Waals surface area contributed by atoms with Crippen LogP contribution in [0.25, 0.3) is 0 Å². The van der Waals surface area contributed by atoms with E-state index in [4.69, 9.17) is 16.3 Å². The summed E-state index contributed by atoms with van der Waals surface area (Å²) in [7, 11) is 1.37. The second-order valence-electron chi connectivity index (χ2n) is 2.93. The molecule has 5 nitrogen and oxygen atoms in total. The van der Waals surface area contributed by atoms with Crippen LogP contribution in [0.3, 0.4) is 0 Å². The first-order valence-corrected chi connectivity index (χ1v) is 4.49. The Balaban J connectivity index is 2.81. The van der Waals surface area contributed by atoms with E-state index >= 15 is 0 Å². The minimum absolute atomic E-state index is 0.0557. The highest BCUT2D eigenvalue weighted by Gasteiger charge is 2.37. The lowest BCUT2D eigenvalue weighted by Gasteiger charge is -2.21. The first-order chi connectivity index (χ1) is 6.57. The number of imide groups is 1. The van der Waals surface area contributed by atoms with Crippen LogP contribution in [0.1, 0.15) is 12.8 Å². The van der Waals surface area contributed by atoms with Crippen molar-refractivity contribution >= 4 is 28.7 Å². The smallest absolute Gasteiger partial charge is 0.247 e. The van der Waals surface area contributed by atoms with Crippen LogP contribution in [0.5, 0.6) is 0 Å². The van der Waals surface area contributed by atoms with Crippen LogP contribution in [-0.2, 0) is 19.1 Å². The van der Waals surface area contributed by atoms with Gasteiger partial charge in [-0.05, 0) is 11.6 Å². The Bertz CT molecular complexity index is 263. The van der Waals surface area contributed by atoms with Gasteiger partial charge in [0.15, 0.2) is 0 Å². The number of rotatable bonds is 4. The summed E-state index contributed by atoms with van der Waals surface area (Å²) in [5.74, 6) is -0.739. The molecule has 6 heteroatoms. The Labute approximate surface area is 85.9 Å². The topological polar surface area (TPSA) is 63.7 Å². The number of ether oxygens (including phenoxy) is 1. The zero-order chi connectivity index (χ0) is 10.7. The standard InChI is InChI=1S/C8H10ClNO4/c1-14-4-5(8(9)13)10-6(11)2-3-7(10)12/h5H,2-4H2,1H3/t5-/m1/s1. The van der Waals surface area contributed by atoms with Gasteiger partial charge in [0.1, 0.15) is 6.04 Å². The molecule has 0 radical (unpaired) electrons. The lowest BCUT2D eigenvalue weighted by atomic mass is 10.3. The normalized spacial score (nSPS) is 18.9. The maximum absolute atomic E-state index is 11.2. The average Bonchev–Trinajstić information content (AvgIpc) is 2.43. The number of nitrogens with zero attached hydrogens (tertiary/aromatic N) is 1. The molecular formula is C8H10ClNO4. The van der Waals surface area contributed by atoms with E-state index in [1.165, 1.54) is 7.11 Å². The molecule has 1 atom stereocenters. The minimum Gasteiger partial charge on any atom is -0.382 e. The molecule has 1 fully saturated rings. The van der Waals surface area contributed by atoms with E-state index in [9.17, 15) is 14.4 Å². The summed E-state index contributed by atoms with van der Waals surface area (Å²) < 4.78 is 4.72. The molecule has 2 amide bonds. The van der Waals surface area contributed by atoms with Crippen LogP contribution in [0, 0.1) is 0 Å². The molecule has 0 aromatic heterocycles. The first-order valence-electron chi connectivity index (χ1n) is 4.11. The first kappa shape index (κ1) is 11.1. The van der Waals surface area contributed by atoms with Crippen molar-refractivity contribution in [1.29, 1.82) is 0 Å². The van der Waals surface area contributed by atoms with Crippen molar-refractivity contribution in [2.45, 2.75) is 18.9 Å². The van der Waals surface area contributed by atoms with E-state index in [0.29, 0.717) is 0 Å². The van der Waals surface area contributed by atoms with E-state index in [1.807, 2.05) is 0 Å². The minimum atomic E-state index is -0.982. The molecule has 1 rings (SSSR count). The number of halogens is 1. The van der Waals surface area contributed by atoms with Crippen molar-refractivity contribution in [2.75, 3.05) is 13.7 Å². The molecule has 0 aromatic carbocycles. The SMILES string of the molecule is COC[C@H](C(=O)Cl)N1C(=O)CCC1=O. The maximum atomic E-state index is 11.2. The summed E-state index contributed by atoms with van der Waals surface area (Å²) in [6.07, 6.45) is 0.284. The van der Waals surface area contributed by atoms with Crippen molar-refractivity contribution in [3.05, 3.63) is 0 Å². The van der Waals surface area contributed by atoms with E-state index in [2.05, 4.69) is 0 Å². The molecule has 1 aliphatic heterocycles. The molecule has 78 valence electrons. The molecule has 14 heavy (non-hydrogen) atoms. The van der Waals surface area contributed by atoms with Gasteiger partial charge in [-0.3, -0.25) is 19.3 Å². The van der Waals surface area contributed by atoms with E-state index in [0.717, 1.165) is 4.90 Å². The van der Waals surface area contributed by atoms with Gasteiger partial charge >= 0.3 is 0 Å². The molecule has 1 aliphatic rings. The van der Waals surface area contributed by atoms with Gasteiger partial charge in [-0.1, -0.05) is 0 Å². The number of amides is 2. The zero-order valence-corrected chi connectivity index (χ0v) is 8.41. The van der Waals surface area contributed by atoms with Crippen LogP contribution in [0.15, 0.2) is 0 Å². The Kier molecular flexibility index (Phi) is 3.60. The maximum Gasteiger partial charge on any atom is 0.247 e. The molecule has 0 N–H and O–H groups in total. The second-order valence-corrected chi connectivity index (χ2v) is 3.31. The fourth-order valence-electron chi connectivity index (χ4n) is 1.34. The Hall–Kier alpha value is -0.940. The lowest BCUT2D eigenvalue weighted by molar-refractivity contribution is -0.145. The van der Waals surface area contributed by atoms with Crippen LogP contribution >= 0.6 is 11.6 Å². The van der Waals surface area contributed by atoms with E-state index in [1.54, 1.807) is 0 Å². The van der Waals surface area contributed by atoms with E-state index < -0.39 is 11.3 Å². The highest BCUT2D eigenvalue weighted by Crippen LogP contribution is 2.17. The van der Waals surface area contributed by atoms with Crippen molar-refractivity contribution < 1.29 is 19.1 Å². The zero-order valence-electron chi connectivity index (χ0n) is 7.66. The molecule has 0 aliphatic carbocycles. The number of methoxy groups -OCH3 is 1. The highest BCUT2D eigenvalue weighted by molar-refractivity contribution is 6.65. The van der Waals surface area contributed by atoms with Gasteiger partial charge in [-0.25, -0.2) is 0 Å². The largest absolute Gasteiger partial charge is 0.382 e. The summed E-state index contributed by atoms with van der Waals surface area (Å²) in [6, 6.07) is -0.982. The third-order valence-corrected chi connectivity index (χ3v) is 2.24. The average molecular weight is 220 g/mol. The number of hydrogen-bond donors (Lipinski definition) is 0. The molecule has 1 heterocycles. The van der Waals surface area contributed by atoms with Crippen LogP contribution < -0.4 is 0 Å². The number of carbonyl (C=O) groups excluding carboxylic acids is 3. The third-order valence-electron chi connectivity index (χ3n) is 1.99. The molecule has 0 bridgehead atoms. The highest BCUT2D eigenvalue weighted by atomic mass is 35.5. The van der Waals surface area contributed by atoms with Crippen LogP contribution in [-0.4, -0.2) is 41.7 Å². The predicted molar refractivity (Wildman–Crippen MR) is 47.6 cm³/mol. The van der Waals surface area contributed by atoms with Gasteiger partial charge < -0.3 is 4.74 Å². The molecule has 1 saturated heterocycles. The Morgan fingerprint density at radius 1 is 1.50 bits per heavy atom. The van der Waals surface area contributed by atoms with Gasteiger partial charge in [0, 0.05) is 20.0 Å². The van der Waals surface area contributed by atoms with Crippen LogP contribution in [0.4, 0.5) is 0 Å². The molecule has 0 aromatic rings. The Morgan fingerprint density at radius 2 is 2.00 bits per heavy atom. The van der Waals surface area contributed by atoms with Crippen molar-refractivity contribution in [2.24, 2.45) is 0 Å².